The van der Waals surface area contributed by atoms with Gasteiger partial charge in [-0.3, -0.25) is 4.68 Å². The Bertz CT molecular complexity index is 734. The molecule has 0 unspecified atom stereocenters. The summed E-state index contributed by atoms with van der Waals surface area (Å²) in [5.74, 6) is 0.950. The molecule has 3 N–H and O–H groups in total. The van der Waals surface area contributed by atoms with Crippen molar-refractivity contribution >= 4 is 50.1 Å². The molecule has 0 saturated heterocycles. The van der Waals surface area contributed by atoms with Gasteiger partial charge in [0, 0.05) is 11.9 Å². The summed E-state index contributed by atoms with van der Waals surface area (Å²) in [4.78, 5) is 9.83. The number of hydrogen-bond acceptors (Lipinski definition) is 6. The average molecular weight is 339 g/mol. The molecule has 0 atom stereocenters. The summed E-state index contributed by atoms with van der Waals surface area (Å²) in [6, 6.07) is 4.06. The molecule has 0 aliphatic carbocycles. The molecule has 8 heteroatoms. The van der Waals surface area contributed by atoms with E-state index in [9.17, 15) is 0 Å². The van der Waals surface area contributed by atoms with Gasteiger partial charge in [-0.05, 0) is 28.1 Å². The molecule has 19 heavy (non-hydrogen) atoms. The molecule has 0 fully saturated rings. The zero-order valence-electron chi connectivity index (χ0n) is 10.1. The number of nitrogens with one attached hydrogen (secondary N) is 1. The fourth-order valence-corrected chi connectivity index (χ4v) is 3.16. The van der Waals surface area contributed by atoms with Crippen LogP contribution in [-0.2, 0) is 13.6 Å². The molecule has 3 rings (SSSR count). The number of nitrogen functional groups attached to an aromatic ring is 1. The van der Waals surface area contributed by atoms with E-state index in [4.69, 9.17) is 5.73 Å². The van der Waals surface area contributed by atoms with E-state index >= 15 is 0 Å². The van der Waals surface area contributed by atoms with Crippen molar-refractivity contribution in [3.8, 4) is 0 Å². The summed E-state index contributed by atoms with van der Waals surface area (Å²) in [6.07, 6.45) is 1.67. The van der Waals surface area contributed by atoms with Gasteiger partial charge in [0.25, 0.3) is 0 Å². The highest BCUT2D eigenvalue weighted by atomic mass is 79.9. The molecule has 0 spiro atoms. The van der Waals surface area contributed by atoms with Gasteiger partial charge in [-0.1, -0.05) is 0 Å². The molecular formula is C11H11BrN6S. The largest absolute Gasteiger partial charge is 0.383 e. The second-order valence-corrected chi connectivity index (χ2v) is 6.54. The Balaban J connectivity index is 1.86. The minimum absolute atomic E-state index is 0.438. The monoisotopic (exact) mass is 338 g/mol. The predicted octanol–water partition coefficient (Wildman–Crippen LogP) is 2.38. The fourth-order valence-electron chi connectivity index (χ4n) is 1.74. The van der Waals surface area contributed by atoms with Crippen LogP contribution in [-0.4, -0.2) is 19.7 Å². The highest BCUT2D eigenvalue weighted by molar-refractivity contribution is 9.11. The first-order chi connectivity index (χ1) is 9.13. The number of fused-ring (bicyclic) bond motifs is 1. The Labute approximate surface area is 121 Å². The molecule has 98 valence electrons. The molecule has 3 aromatic heterocycles. The number of aryl methyl sites for hydroxylation is 1. The van der Waals surface area contributed by atoms with E-state index in [0.29, 0.717) is 18.3 Å². The highest BCUT2D eigenvalue weighted by Gasteiger charge is 2.09. The molecule has 0 radical (unpaired) electrons. The van der Waals surface area contributed by atoms with Crippen LogP contribution >= 0.6 is 27.3 Å². The van der Waals surface area contributed by atoms with Crippen LogP contribution in [0.25, 0.3) is 11.0 Å². The maximum absolute atomic E-state index is 5.89. The van der Waals surface area contributed by atoms with Crippen LogP contribution in [0.2, 0.25) is 0 Å². The zero-order valence-corrected chi connectivity index (χ0v) is 12.5. The molecule has 6 nitrogen and oxygen atoms in total. The van der Waals surface area contributed by atoms with E-state index in [-0.39, 0.29) is 0 Å². The van der Waals surface area contributed by atoms with Gasteiger partial charge in [-0.2, -0.15) is 15.1 Å². The molecule has 0 aliphatic heterocycles. The van der Waals surface area contributed by atoms with E-state index in [1.165, 1.54) is 4.88 Å². The van der Waals surface area contributed by atoms with E-state index in [1.807, 2.05) is 19.2 Å². The SMILES string of the molecule is Cn1ncc2c(N)nc(NCc3ccc(Br)s3)nc21. The van der Waals surface area contributed by atoms with Crippen molar-refractivity contribution in [2.24, 2.45) is 7.05 Å². The van der Waals surface area contributed by atoms with Crippen molar-refractivity contribution in [1.29, 1.82) is 0 Å². The summed E-state index contributed by atoms with van der Waals surface area (Å²) in [5.41, 5.74) is 6.62. The molecule has 3 aromatic rings. The topological polar surface area (TPSA) is 81.7 Å². The second-order valence-electron chi connectivity index (χ2n) is 4.00. The lowest BCUT2D eigenvalue weighted by molar-refractivity contribution is 0.785. The van der Waals surface area contributed by atoms with Crippen LogP contribution in [0.4, 0.5) is 11.8 Å². The quantitative estimate of drug-likeness (QED) is 0.766. The number of halogens is 1. The average Bonchev–Trinajstić information content (AvgIpc) is 2.95. The summed E-state index contributed by atoms with van der Waals surface area (Å²) >= 11 is 5.10. The lowest BCUT2D eigenvalue weighted by atomic mass is 10.4. The Morgan fingerprint density at radius 1 is 1.42 bits per heavy atom. The van der Waals surface area contributed by atoms with Crippen molar-refractivity contribution in [2.75, 3.05) is 11.1 Å². The van der Waals surface area contributed by atoms with Crippen molar-refractivity contribution in [3.63, 3.8) is 0 Å². The highest BCUT2D eigenvalue weighted by Crippen LogP contribution is 2.23. The number of nitrogens with two attached hydrogens (primary N) is 1. The van der Waals surface area contributed by atoms with E-state index in [2.05, 4.69) is 36.3 Å². The van der Waals surface area contributed by atoms with Crippen LogP contribution in [0, 0.1) is 0 Å². The third-order valence-corrected chi connectivity index (χ3v) is 4.29. The Hall–Kier alpha value is -1.67. The van der Waals surface area contributed by atoms with Crippen LogP contribution < -0.4 is 11.1 Å². The number of anilines is 2. The first-order valence-electron chi connectivity index (χ1n) is 5.57. The third kappa shape index (κ3) is 2.41. The lowest BCUT2D eigenvalue weighted by Crippen LogP contribution is -2.05. The fraction of sp³-hybridized carbons (Fsp3) is 0.182. The maximum Gasteiger partial charge on any atom is 0.227 e. The molecule has 0 aromatic carbocycles. The number of hydrogen-bond donors (Lipinski definition) is 2. The Kier molecular flexibility index (Phi) is 3.11. The van der Waals surface area contributed by atoms with Gasteiger partial charge >= 0.3 is 0 Å². The number of nitrogens with zero attached hydrogens (tertiary/aromatic N) is 4. The molecule has 0 aliphatic rings. The van der Waals surface area contributed by atoms with Gasteiger partial charge < -0.3 is 11.1 Å². The number of aromatic nitrogens is 4. The zero-order chi connectivity index (χ0) is 13.4. The van der Waals surface area contributed by atoms with Crippen LogP contribution in [0.3, 0.4) is 0 Å². The minimum Gasteiger partial charge on any atom is -0.383 e. The first-order valence-corrected chi connectivity index (χ1v) is 7.18. The van der Waals surface area contributed by atoms with Crippen molar-refractivity contribution < 1.29 is 0 Å². The van der Waals surface area contributed by atoms with Gasteiger partial charge in [0.05, 0.1) is 21.9 Å². The van der Waals surface area contributed by atoms with Crippen LogP contribution in [0.5, 0.6) is 0 Å². The smallest absolute Gasteiger partial charge is 0.227 e. The summed E-state index contributed by atoms with van der Waals surface area (Å²) < 4.78 is 2.78. The predicted molar refractivity (Wildman–Crippen MR) is 80.1 cm³/mol. The molecule has 3 heterocycles. The van der Waals surface area contributed by atoms with E-state index < -0.39 is 0 Å². The van der Waals surface area contributed by atoms with E-state index in [0.717, 1.165) is 14.8 Å². The second kappa shape index (κ2) is 4.78. The normalized spacial score (nSPS) is 11.1. The van der Waals surface area contributed by atoms with Gasteiger partial charge in [0.1, 0.15) is 5.82 Å². The maximum atomic E-state index is 5.89. The number of rotatable bonds is 3. The van der Waals surface area contributed by atoms with Crippen LogP contribution in [0.1, 0.15) is 4.88 Å². The summed E-state index contributed by atoms with van der Waals surface area (Å²) in [6.45, 7) is 0.666. The summed E-state index contributed by atoms with van der Waals surface area (Å²) in [7, 11) is 1.83. The van der Waals surface area contributed by atoms with E-state index in [1.54, 1.807) is 22.2 Å². The van der Waals surface area contributed by atoms with Gasteiger partial charge in [0.2, 0.25) is 5.95 Å². The molecule has 0 bridgehead atoms. The third-order valence-electron chi connectivity index (χ3n) is 2.67. The van der Waals surface area contributed by atoms with Crippen molar-refractivity contribution in [2.45, 2.75) is 6.54 Å². The standard InChI is InChI=1S/C11H11BrN6S/c1-18-10-7(5-15-18)9(13)16-11(17-10)14-4-6-2-3-8(12)19-6/h2-3,5H,4H2,1H3,(H3,13,14,16,17). The first kappa shape index (κ1) is 12.4. The number of thiophene rings is 1. The van der Waals surface area contributed by atoms with Gasteiger partial charge in [0.15, 0.2) is 5.65 Å². The van der Waals surface area contributed by atoms with Gasteiger partial charge in [-0.15, -0.1) is 11.3 Å². The summed E-state index contributed by atoms with van der Waals surface area (Å²) in [5, 5.41) is 8.06. The Morgan fingerprint density at radius 3 is 3.00 bits per heavy atom. The lowest BCUT2D eigenvalue weighted by Gasteiger charge is -2.05. The Morgan fingerprint density at radius 2 is 2.26 bits per heavy atom. The molecule has 0 saturated carbocycles. The molecular weight excluding hydrogens is 328 g/mol. The van der Waals surface area contributed by atoms with Crippen molar-refractivity contribution in [1.82, 2.24) is 19.7 Å². The van der Waals surface area contributed by atoms with Gasteiger partial charge in [-0.25, -0.2) is 0 Å². The van der Waals surface area contributed by atoms with Crippen LogP contribution in [0.15, 0.2) is 22.1 Å². The van der Waals surface area contributed by atoms with Crippen molar-refractivity contribution in [3.05, 3.63) is 27.0 Å². The minimum atomic E-state index is 0.438. The molecule has 0 amide bonds.